The number of nitrogens with zero attached hydrogens (tertiary/aromatic N) is 4. The zero-order valence-corrected chi connectivity index (χ0v) is 13.9. The Labute approximate surface area is 138 Å². The van der Waals surface area contributed by atoms with E-state index in [-0.39, 0.29) is 18.1 Å². The van der Waals surface area contributed by atoms with Gasteiger partial charge in [0, 0.05) is 30.8 Å². The molecule has 2 aromatic rings. The van der Waals surface area contributed by atoms with Crippen LogP contribution in [0, 0.1) is 17.0 Å². The smallest absolute Gasteiger partial charge is 0.273 e. The highest BCUT2D eigenvalue weighted by Crippen LogP contribution is 2.23. The number of carbonyl (C=O) groups excluding carboxylic acids is 1. The van der Waals surface area contributed by atoms with E-state index in [4.69, 9.17) is 11.6 Å². The molecule has 0 aliphatic heterocycles. The maximum atomic E-state index is 12.6. The summed E-state index contributed by atoms with van der Waals surface area (Å²) in [6.45, 7) is 4.41. The average Bonchev–Trinajstić information content (AvgIpc) is 2.86. The van der Waals surface area contributed by atoms with Crippen LogP contribution in [-0.4, -0.2) is 32.6 Å². The summed E-state index contributed by atoms with van der Waals surface area (Å²) in [7, 11) is 1.63. The first-order chi connectivity index (χ1) is 10.9. The number of hydrogen-bond acceptors (Lipinski definition) is 4. The first-order valence-corrected chi connectivity index (χ1v) is 7.44. The van der Waals surface area contributed by atoms with E-state index in [0.717, 1.165) is 5.69 Å². The SMILES string of the molecule is CCn1ncc(Cl)c1CN(C)C(=O)c1cccc([N+](=O)[O-])c1C. The lowest BCUT2D eigenvalue weighted by Gasteiger charge is -2.19. The van der Waals surface area contributed by atoms with Crippen molar-refractivity contribution in [1.82, 2.24) is 14.7 Å². The van der Waals surface area contributed by atoms with Crippen molar-refractivity contribution < 1.29 is 9.72 Å². The second kappa shape index (κ2) is 6.78. The van der Waals surface area contributed by atoms with Crippen LogP contribution in [0.3, 0.4) is 0 Å². The van der Waals surface area contributed by atoms with E-state index in [9.17, 15) is 14.9 Å². The lowest BCUT2D eigenvalue weighted by molar-refractivity contribution is -0.385. The second-order valence-electron chi connectivity index (χ2n) is 5.12. The van der Waals surface area contributed by atoms with Crippen molar-refractivity contribution >= 4 is 23.2 Å². The Morgan fingerprint density at radius 1 is 1.48 bits per heavy atom. The van der Waals surface area contributed by atoms with Gasteiger partial charge in [0.2, 0.25) is 0 Å². The molecule has 1 amide bonds. The van der Waals surface area contributed by atoms with Gasteiger partial charge >= 0.3 is 0 Å². The fourth-order valence-corrected chi connectivity index (χ4v) is 2.57. The molecule has 1 aromatic carbocycles. The van der Waals surface area contributed by atoms with Gasteiger partial charge in [0.05, 0.1) is 28.4 Å². The monoisotopic (exact) mass is 336 g/mol. The molecule has 8 heteroatoms. The molecular formula is C15H17ClN4O3. The number of hydrogen-bond donors (Lipinski definition) is 0. The summed E-state index contributed by atoms with van der Waals surface area (Å²) >= 11 is 6.11. The molecule has 0 radical (unpaired) electrons. The fourth-order valence-electron chi connectivity index (χ4n) is 2.37. The topological polar surface area (TPSA) is 81.3 Å². The van der Waals surface area contributed by atoms with Crippen LogP contribution in [-0.2, 0) is 13.1 Å². The first kappa shape index (κ1) is 17.0. The van der Waals surface area contributed by atoms with Crippen LogP contribution in [0.5, 0.6) is 0 Å². The summed E-state index contributed by atoms with van der Waals surface area (Å²) in [5.74, 6) is -0.300. The number of aryl methyl sites for hydroxylation is 1. The minimum absolute atomic E-state index is 0.0686. The molecule has 1 heterocycles. The lowest BCUT2D eigenvalue weighted by atomic mass is 10.1. The third kappa shape index (κ3) is 3.34. The summed E-state index contributed by atoms with van der Waals surface area (Å²) < 4.78 is 1.71. The number of rotatable bonds is 5. The molecule has 2 rings (SSSR count). The Kier molecular flexibility index (Phi) is 5.00. The Balaban J connectivity index is 2.28. The molecule has 0 N–H and O–H groups in total. The molecule has 0 spiro atoms. The molecule has 0 aliphatic rings. The maximum Gasteiger partial charge on any atom is 0.273 e. The summed E-state index contributed by atoms with van der Waals surface area (Å²) in [6, 6.07) is 4.48. The van der Waals surface area contributed by atoms with Gasteiger partial charge < -0.3 is 4.90 Å². The summed E-state index contributed by atoms with van der Waals surface area (Å²) in [5, 5.41) is 15.6. The number of amides is 1. The zero-order chi connectivity index (χ0) is 17.1. The molecule has 0 aliphatic carbocycles. The molecule has 23 heavy (non-hydrogen) atoms. The van der Waals surface area contributed by atoms with Crippen molar-refractivity contribution in [2.45, 2.75) is 26.9 Å². The van der Waals surface area contributed by atoms with E-state index >= 15 is 0 Å². The van der Waals surface area contributed by atoms with E-state index in [1.165, 1.54) is 23.2 Å². The minimum atomic E-state index is -0.491. The average molecular weight is 337 g/mol. The van der Waals surface area contributed by atoms with E-state index < -0.39 is 4.92 Å². The van der Waals surface area contributed by atoms with Gasteiger partial charge in [0.1, 0.15) is 0 Å². The second-order valence-corrected chi connectivity index (χ2v) is 5.53. The first-order valence-electron chi connectivity index (χ1n) is 7.06. The van der Waals surface area contributed by atoms with Gasteiger partial charge in [-0.2, -0.15) is 5.10 Å². The van der Waals surface area contributed by atoms with E-state index in [0.29, 0.717) is 22.7 Å². The minimum Gasteiger partial charge on any atom is -0.336 e. The molecular weight excluding hydrogens is 320 g/mol. The Morgan fingerprint density at radius 2 is 2.17 bits per heavy atom. The number of aromatic nitrogens is 2. The van der Waals surface area contributed by atoms with Crippen LogP contribution >= 0.6 is 11.6 Å². The maximum absolute atomic E-state index is 12.6. The number of carbonyl (C=O) groups is 1. The molecule has 1 aromatic heterocycles. The number of nitro groups is 1. The van der Waals surface area contributed by atoms with Crippen LogP contribution in [0.1, 0.15) is 28.5 Å². The van der Waals surface area contributed by atoms with E-state index in [2.05, 4.69) is 5.10 Å². The van der Waals surface area contributed by atoms with Crippen molar-refractivity contribution in [1.29, 1.82) is 0 Å². The molecule has 0 saturated heterocycles. The number of nitro benzene ring substituents is 1. The quantitative estimate of drug-likeness (QED) is 0.620. The van der Waals surface area contributed by atoms with Crippen molar-refractivity contribution in [2.75, 3.05) is 7.05 Å². The molecule has 122 valence electrons. The Morgan fingerprint density at radius 3 is 2.78 bits per heavy atom. The predicted octanol–water partition coefficient (Wildman–Crippen LogP) is 3.05. The number of benzene rings is 1. The molecule has 0 fully saturated rings. The zero-order valence-electron chi connectivity index (χ0n) is 13.1. The standard InChI is InChI=1S/C15H17ClN4O3/c1-4-19-14(12(16)8-17-19)9-18(3)15(21)11-6-5-7-13(10(11)2)20(22)23/h5-8H,4,9H2,1-3H3. The lowest BCUT2D eigenvalue weighted by Crippen LogP contribution is -2.28. The van der Waals surface area contributed by atoms with Crippen molar-refractivity contribution in [3.8, 4) is 0 Å². The summed E-state index contributed by atoms with van der Waals surface area (Å²) in [4.78, 5) is 24.6. The van der Waals surface area contributed by atoms with Gasteiger partial charge in [0.25, 0.3) is 11.6 Å². The Hall–Kier alpha value is -2.41. The van der Waals surface area contributed by atoms with Crippen LogP contribution in [0.15, 0.2) is 24.4 Å². The normalized spacial score (nSPS) is 10.6. The van der Waals surface area contributed by atoms with Crippen molar-refractivity contribution in [2.24, 2.45) is 0 Å². The molecule has 7 nitrogen and oxygen atoms in total. The third-order valence-electron chi connectivity index (χ3n) is 3.66. The highest BCUT2D eigenvalue weighted by molar-refractivity contribution is 6.31. The largest absolute Gasteiger partial charge is 0.336 e. The number of halogens is 1. The molecule has 0 atom stereocenters. The van der Waals surface area contributed by atoms with Gasteiger partial charge in [-0.3, -0.25) is 19.6 Å². The van der Waals surface area contributed by atoms with Crippen LogP contribution < -0.4 is 0 Å². The van der Waals surface area contributed by atoms with E-state index in [1.807, 2.05) is 6.92 Å². The highest BCUT2D eigenvalue weighted by Gasteiger charge is 2.22. The fraction of sp³-hybridized carbons (Fsp3) is 0.333. The van der Waals surface area contributed by atoms with E-state index in [1.54, 1.807) is 24.7 Å². The van der Waals surface area contributed by atoms with Gasteiger partial charge in [-0.1, -0.05) is 17.7 Å². The predicted molar refractivity (Wildman–Crippen MR) is 86.5 cm³/mol. The molecule has 0 unspecified atom stereocenters. The van der Waals surface area contributed by atoms with Gasteiger partial charge in [0.15, 0.2) is 0 Å². The highest BCUT2D eigenvalue weighted by atomic mass is 35.5. The Bertz CT molecular complexity index is 757. The van der Waals surface area contributed by atoms with Crippen LogP contribution in [0.2, 0.25) is 5.02 Å². The van der Waals surface area contributed by atoms with Crippen molar-refractivity contribution in [3.63, 3.8) is 0 Å². The van der Waals surface area contributed by atoms with Crippen LogP contribution in [0.25, 0.3) is 0 Å². The van der Waals surface area contributed by atoms with Gasteiger partial charge in [-0.25, -0.2) is 0 Å². The summed E-state index contributed by atoms with van der Waals surface area (Å²) in [5.41, 5.74) is 1.32. The van der Waals surface area contributed by atoms with Gasteiger partial charge in [-0.15, -0.1) is 0 Å². The van der Waals surface area contributed by atoms with Gasteiger partial charge in [-0.05, 0) is 19.9 Å². The molecule has 0 saturated carbocycles. The molecule has 0 bridgehead atoms. The summed E-state index contributed by atoms with van der Waals surface area (Å²) in [6.07, 6.45) is 1.54. The van der Waals surface area contributed by atoms with Crippen LogP contribution in [0.4, 0.5) is 5.69 Å². The third-order valence-corrected chi connectivity index (χ3v) is 3.98. The van der Waals surface area contributed by atoms with Crippen molar-refractivity contribution in [3.05, 3.63) is 56.4 Å².